The molecule has 15 heavy (non-hydrogen) atoms. The number of ether oxygens (including phenoxy) is 1. The third kappa shape index (κ3) is 2.32. The fraction of sp³-hybridized carbons (Fsp3) is 0.909. The average Bonchev–Trinajstić information content (AvgIpc) is 2.78. The number of hydrogen-bond donors (Lipinski definition) is 0. The van der Waals surface area contributed by atoms with Gasteiger partial charge in [-0.25, -0.2) is 10.0 Å². The van der Waals surface area contributed by atoms with Crippen molar-refractivity contribution < 1.29 is 9.53 Å². The van der Waals surface area contributed by atoms with Gasteiger partial charge in [0.2, 0.25) is 0 Å². The molecule has 4 nitrogen and oxygen atoms in total. The number of carbonyl (C=O) groups is 1. The van der Waals surface area contributed by atoms with Crippen molar-refractivity contribution in [3.8, 4) is 0 Å². The van der Waals surface area contributed by atoms with Crippen LogP contribution in [0.25, 0.3) is 0 Å². The number of piperidine rings is 1. The Labute approximate surface area is 91.1 Å². The van der Waals surface area contributed by atoms with Crippen molar-refractivity contribution >= 4 is 5.97 Å². The van der Waals surface area contributed by atoms with E-state index in [4.69, 9.17) is 4.74 Å². The van der Waals surface area contributed by atoms with Crippen molar-refractivity contribution in [2.45, 2.75) is 38.1 Å². The van der Waals surface area contributed by atoms with Gasteiger partial charge in [0.25, 0.3) is 0 Å². The highest BCUT2D eigenvalue weighted by Gasteiger charge is 2.35. The Balaban J connectivity index is 1.97. The van der Waals surface area contributed by atoms with Gasteiger partial charge in [0.15, 0.2) is 0 Å². The van der Waals surface area contributed by atoms with E-state index < -0.39 is 0 Å². The lowest BCUT2D eigenvalue weighted by atomic mass is 10.1. The third-order valence-corrected chi connectivity index (χ3v) is 3.39. The molecule has 2 saturated heterocycles. The topological polar surface area (TPSA) is 32.8 Å². The zero-order valence-corrected chi connectivity index (χ0v) is 9.45. The van der Waals surface area contributed by atoms with E-state index >= 15 is 0 Å². The molecule has 0 saturated carbocycles. The van der Waals surface area contributed by atoms with Gasteiger partial charge in [-0.3, -0.25) is 4.79 Å². The molecule has 0 aliphatic carbocycles. The molecule has 0 N–H and O–H groups in total. The van der Waals surface area contributed by atoms with Gasteiger partial charge >= 0.3 is 5.97 Å². The second-order valence-corrected chi connectivity index (χ2v) is 4.36. The van der Waals surface area contributed by atoms with Crippen LogP contribution in [0.4, 0.5) is 0 Å². The zero-order chi connectivity index (χ0) is 10.7. The van der Waals surface area contributed by atoms with Gasteiger partial charge in [-0.05, 0) is 25.7 Å². The summed E-state index contributed by atoms with van der Waals surface area (Å²) >= 11 is 0. The summed E-state index contributed by atoms with van der Waals surface area (Å²) in [5.74, 6) is -0.0712. The number of nitrogens with zero attached hydrogens (tertiary/aromatic N) is 2. The van der Waals surface area contributed by atoms with Crippen LogP contribution in [0.15, 0.2) is 0 Å². The van der Waals surface area contributed by atoms with Gasteiger partial charge in [0.05, 0.1) is 7.11 Å². The lowest BCUT2D eigenvalue weighted by Crippen LogP contribution is -2.50. The summed E-state index contributed by atoms with van der Waals surface area (Å²) in [5, 5.41) is 4.57. The molecule has 0 unspecified atom stereocenters. The van der Waals surface area contributed by atoms with E-state index in [-0.39, 0.29) is 12.0 Å². The molecule has 2 aliphatic rings. The van der Waals surface area contributed by atoms with Crippen molar-refractivity contribution in [2.75, 3.05) is 26.7 Å². The van der Waals surface area contributed by atoms with Gasteiger partial charge < -0.3 is 4.74 Å². The van der Waals surface area contributed by atoms with Gasteiger partial charge in [0, 0.05) is 19.6 Å². The lowest BCUT2D eigenvalue weighted by molar-refractivity contribution is -0.154. The van der Waals surface area contributed by atoms with Crippen LogP contribution in [0.1, 0.15) is 32.1 Å². The van der Waals surface area contributed by atoms with Crippen LogP contribution in [0.2, 0.25) is 0 Å². The highest BCUT2D eigenvalue weighted by Crippen LogP contribution is 2.23. The Kier molecular flexibility index (Phi) is 3.59. The molecule has 86 valence electrons. The average molecular weight is 212 g/mol. The molecular formula is C11H20N2O2. The highest BCUT2D eigenvalue weighted by molar-refractivity contribution is 5.75. The highest BCUT2D eigenvalue weighted by atomic mass is 16.5. The first-order valence-electron chi connectivity index (χ1n) is 5.92. The monoisotopic (exact) mass is 212 g/mol. The van der Waals surface area contributed by atoms with Crippen LogP contribution >= 0.6 is 0 Å². The Morgan fingerprint density at radius 2 is 1.87 bits per heavy atom. The van der Waals surface area contributed by atoms with Crippen LogP contribution in [0.3, 0.4) is 0 Å². The predicted octanol–water partition coefficient (Wildman–Crippen LogP) is 1.02. The molecule has 0 spiro atoms. The Hall–Kier alpha value is -0.610. The Bertz CT molecular complexity index is 227. The van der Waals surface area contributed by atoms with E-state index in [9.17, 15) is 4.79 Å². The molecular weight excluding hydrogens is 192 g/mol. The van der Waals surface area contributed by atoms with E-state index in [1.807, 2.05) is 0 Å². The summed E-state index contributed by atoms with van der Waals surface area (Å²) < 4.78 is 4.85. The lowest BCUT2D eigenvalue weighted by Gasteiger charge is -2.37. The quantitative estimate of drug-likeness (QED) is 0.640. The van der Waals surface area contributed by atoms with E-state index in [1.165, 1.54) is 26.4 Å². The summed E-state index contributed by atoms with van der Waals surface area (Å²) in [5.41, 5.74) is 0. The van der Waals surface area contributed by atoms with Crippen LogP contribution in [-0.2, 0) is 9.53 Å². The van der Waals surface area contributed by atoms with Crippen LogP contribution in [0.5, 0.6) is 0 Å². The minimum atomic E-state index is -0.0712. The van der Waals surface area contributed by atoms with Gasteiger partial charge in [-0.2, -0.15) is 0 Å². The second-order valence-electron chi connectivity index (χ2n) is 4.36. The van der Waals surface area contributed by atoms with E-state index in [1.54, 1.807) is 0 Å². The summed E-state index contributed by atoms with van der Waals surface area (Å²) in [6.07, 6.45) is 5.89. The standard InChI is InChI=1S/C11H20N2O2/c1-15-11(14)10-6-5-9-13(10)12-7-3-2-4-8-12/h10H,2-9H2,1H3/t10-/m1/s1. The molecule has 4 heteroatoms. The molecule has 2 fully saturated rings. The van der Waals surface area contributed by atoms with Crippen LogP contribution in [0, 0.1) is 0 Å². The largest absolute Gasteiger partial charge is 0.468 e. The minimum Gasteiger partial charge on any atom is -0.468 e. The Morgan fingerprint density at radius 3 is 2.53 bits per heavy atom. The van der Waals surface area contributed by atoms with Crippen molar-refractivity contribution in [2.24, 2.45) is 0 Å². The SMILES string of the molecule is COC(=O)[C@H]1CCCN1N1CCCCC1. The maximum atomic E-state index is 11.6. The van der Waals surface area contributed by atoms with E-state index in [0.29, 0.717) is 0 Å². The number of carbonyl (C=O) groups excluding carboxylic acids is 1. The summed E-state index contributed by atoms with van der Waals surface area (Å²) in [7, 11) is 1.48. The van der Waals surface area contributed by atoms with Crippen molar-refractivity contribution in [1.29, 1.82) is 0 Å². The van der Waals surface area contributed by atoms with Gasteiger partial charge in [-0.15, -0.1) is 0 Å². The number of hydrogen-bond acceptors (Lipinski definition) is 4. The first-order chi connectivity index (χ1) is 7.33. The molecule has 2 heterocycles. The fourth-order valence-electron chi connectivity index (χ4n) is 2.60. The molecule has 0 aromatic rings. The summed E-state index contributed by atoms with van der Waals surface area (Å²) in [4.78, 5) is 11.6. The normalized spacial score (nSPS) is 29.3. The molecule has 0 aromatic carbocycles. The summed E-state index contributed by atoms with van der Waals surface area (Å²) in [6, 6.07) is -0.0203. The molecule has 2 rings (SSSR count). The molecule has 0 amide bonds. The zero-order valence-electron chi connectivity index (χ0n) is 9.45. The maximum absolute atomic E-state index is 11.6. The first-order valence-corrected chi connectivity index (χ1v) is 5.92. The van der Waals surface area contributed by atoms with Crippen molar-refractivity contribution in [3.05, 3.63) is 0 Å². The smallest absolute Gasteiger partial charge is 0.324 e. The number of hydrazine groups is 1. The molecule has 0 bridgehead atoms. The minimum absolute atomic E-state index is 0.0203. The molecule has 0 aromatic heterocycles. The van der Waals surface area contributed by atoms with E-state index in [0.717, 1.165) is 32.5 Å². The molecule has 1 atom stereocenters. The maximum Gasteiger partial charge on any atom is 0.324 e. The van der Waals surface area contributed by atoms with Crippen molar-refractivity contribution in [1.82, 2.24) is 10.0 Å². The van der Waals surface area contributed by atoms with Crippen LogP contribution < -0.4 is 0 Å². The number of rotatable bonds is 2. The van der Waals surface area contributed by atoms with Crippen LogP contribution in [-0.4, -0.2) is 48.8 Å². The Morgan fingerprint density at radius 1 is 1.13 bits per heavy atom. The first kappa shape index (κ1) is 10.9. The second kappa shape index (κ2) is 4.94. The van der Waals surface area contributed by atoms with E-state index in [2.05, 4.69) is 10.0 Å². The predicted molar refractivity (Wildman–Crippen MR) is 57.2 cm³/mol. The number of esters is 1. The number of methoxy groups -OCH3 is 1. The fourth-order valence-corrected chi connectivity index (χ4v) is 2.60. The van der Waals surface area contributed by atoms with Gasteiger partial charge in [0.1, 0.15) is 6.04 Å². The van der Waals surface area contributed by atoms with Crippen molar-refractivity contribution in [3.63, 3.8) is 0 Å². The molecule has 2 aliphatic heterocycles. The molecule has 0 radical (unpaired) electrons. The summed E-state index contributed by atoms with van der Waals surface area (Å²) in [6.45, 7) is 3.22. The third-order valence-electron chi connectivity index (χ3n) is 3.39. The van der Waals surface area contributed by atoms with Gasteiger partial charge in [-0.1, -0.05) is 6.42 Å².